The van der Waals surface area contributed by atoms with E-state index in [0.717, 1.165) is 0 Å². The maximum atomic E-state index is 10.9. The van der Waals surface area contributed by atoms with Gasteiger partial charge >= 0.3 is 5.97 Å². The minimum absolute atomic E-state index is 0.117. The highest BCUT2D eigenvalue weighted by molar-refractivity contribution is 7.99. The van der Waals surface area contributed by atoms with Crippen LogP contribution in [0.4, 0.5) is 0 Å². The lowest BCUT2D eigenvalue weighted by molar-refractivity contribution is -0.137. The first-order chi connectivity index (χ1) is 7.08. The average molecular weight is 228 g/mol. The van der Waals surface area contributed by atoms with Crippen molar-refractivity contribution in [3.63, 3.8) is 0 Å². The molecule has 0 aliphatic heterocycles. The fraction of sp³-hybridized carbons (Fsp3) is 0.444. The number of carboxylic acid groups (broad SMARTS) is 1. The molecule has 0 saturated heterocycles. The van der Waals surface area contributed by atoms with E-state index in [1.54, 1.807) is 0 Å². The molecule has 0 aliphatic carbocycles. The number of carboxylic acids is 1. The normalized spacial score (nSPS) is 12.3. The Kier molecular flexibility index (Phi) is 4.36. The van der Waals surface area contributed by atoms with Crippen molar-refractivity contribution in [2.45, 2.75) is 30.2 Å². The van der Waals surface area contributed by atoms with Crippen molar-refractivity contribution in [3.05, 3.63) is 22.6 Å². The number of aromatic nitrogens is 2. The monoisotopic (exact) mass is 228 g/mol. The molecule has 0 aliphatic rings. The van der Waals surface area contributed by atoms with Gasteiger partial charge in [-0.2, -0.15) is 0 Å². The van der Waals surface area contributed by atoms with Crippen molar-refractivity contribution in [2.24, 2.45) is 0 Å². The Bertz CT molecular complexity index is 391. The molecule has 1 atom stereocenters. The van der Waals surface area contributed by atoms with Crippen LogP contribution in [0.2, 0.25) is 0 Å². The van der Waals surface area contributed by atoms with Crippen molar-refractivity contribution in [1.82, 2.24) is 9.97 Å². The van der Waals surface area contributed by atoms with E-state index in [4.69, 9.17) is 5.11 Å². The molecule has 0 amide bonds. The smallest absolute Gasteiger partial charge is 0.303 e. The highest BCUT2D eigenvalue weighted by Crippen LogP contribution is 2.21. The second kappa shape index (κ2) is 5.55. The first-order valence-electron chi connectivity index (χ1n) is 4.51. The number of hydrogen-bond acceptors (Lipinski definition) is 4. The van der Waals surface area contributed by atoms with Crippen LogP contribution in [0, 0.1) is 0 Å². The van der Waals surface area contributed by atoms with E-state index in [2.05, 4.69) is 9.97 Å². The van der Waals surface area contributed by atoms with Crippen LogP contribution in [0.15, 0.2) is 22.2 Å². The van der Waals surface area contributed by atoms with Crippen LogP contribution in [0.5, 0.6) is 0 Å². The minimum Gasteiger partial charge on any atom is -0.481 e. The number of hydrogen-bond donors (Lipinski definition) is 2. The summed E-state index contributed by atoms with van der Waals surface area (Å²) < 4.78 is 0. The molecular weight excluding hydrogens is 216 g/mol. The Morgan fingerprint density at radius 1 is 1.73 bits per heavy atom. The summed E-state index contributed by atoms with van der Waals surface area (Å²) in [6, 6.07) is 1.34. The van der Waals surface area contributed by atoms with E-state index < -0.39 is 5.97 Å². The molecule has 82 valence electrons. The number of aromatic amines is 1. The Labute approximate surface area is 90.9 Å². The lowest BCUT2D eigenvalue weighted by atomic mass is 10.2. The van der Waals surface area contributed by atoms with Crippen LogP contribution in [-0.2, 0) is 4.79 Å². The van der Waals surface area contributed by atoms with E-state index in [1.807, 2.05) is 6.92 Å². The largest absolute Gasteiger partial charge is 0.481 e. The van der Waals surface area contributed by atoms with Gasteiger partial charge in [-0.15, -0.1) is 0 Å². The number of nitrogens with zero attached hydrogens (tertiary/aromatic N) is 1. The Hall–Kier alpha value is -1.30. The van der Waals surface area contributed by atoms with Crippen molar-refractivity contribution in [2.75, 3.05) is 0 Å². The Morgan fingerprint density at radius 2 is 2.47 bits per heavy atom. The van der Waals surface area contributed by atoms with Crippen LogP contribution < -0.4 is 5.56 Å². The third-order valence-electron chi connectivity index (χ3n) is 1.73. The number of carbonyl (C=O) groups is 1. The average Bonchev–Trinajstić information content (AvgIpc) is 2.15. The van der Waals surface area contributed by atoms with Gasteiger partial charge in [0.05, 0.1) is 0 Å². The van der Waals surface area contributed by atoms with Gasteiger partial charge in [-0.05, 0) is 6.42 Å². The zero-order valence-electron chi connectivity index (χ0n) is 8.27. The van der Waals surface area contributed by atoms with Gasteiger partial charge in [0.1, 0.15) is 0 Å². The molecule has 1 heterocycles. The first-order valence-corrected chi connectivity index (χ1v) is 5.39. The minimum atomic E-state index is -0.808. The first kappa shape index (κ1) is 11.8. The predicted molar refractivity (Wildman–Crippen MR) is 57.0 cm³/mol. The molecule has 1 aromatic rings. The van der Waals surface area contributed by atoms with Crippen molar-refractivity contribution < 1.29 is 9.90 Å². The Morgan fingerprint density at radius 3 is 3.07 bits per heavy atom. The van der Waals surface area contributed by atoms with Crippen molar-refractivity contribution in [1.29, 1.82) is 0 Å². The second-order valence-corrected chi connectivity index (χ2v) is 4.53. The molecule has 1 rings (SSSR count). The molecular formula is C9H12N2O3S. The molecule has 1 unspecified atom stereocenters. The summed E-state index contributed by atoms with van der Waals surface area (Å²) in [6.45, 7) is 1.90. The molecule has 2 N–H and O–H groups in total. The number of rotatable bonds is 5. The zero-order valence-corrected chi connectivity index (χ0v) is 9.08. The molecule has 1 aromatic heterocycles. The topological polar surface area (TPSA) is 83.0 Å². The summed E-state index contributed by atoms with van der Waals surface area (Å²) in [6.07, 6.45) is 2.12. The third-order valence-corrected chi connectivity index (χ3v) is 2.79. The van der Waals surface area contributed by atoms with Crippen LogP contribution in [0.1, 0.15) is 19.8 Å². The number of nitrogens with one attached hydrogen (secondary N) is 1. The molecule has 0 aromatic carbocycles. The Balaban J connectivity index is 2.47. The summed E-state index contributed by atoms with van der Waals surface area (Å²) in [5.41, 5.74) is -0.196. The van der Waals surface area contributed by atoms with Crippen LogP contribution in [0.25, 0.3) is 0 Å². The van der Waals surface area contributed by atoms with E-state index in [1.165, 1.54) is 24.0 Å². The molecule has 0 bridgehead atoms. The van der Waals surface area contributed by atoms with Gasteiger partial charge in [0, 0.05) is 23.9 Å². The zero-order chi connectivity index (χ0) is 11.3. The summed E-state index contributed by atoms with van der Waals surface area (Å²) in [4.78, 5) is 27.8. The van der Waals surface area contributed by atoms with E-state index in [9.17, 15) is 9.59 Å². The highest BCUT2D eigenvalue weighted by atomic mass is 32.2. The fourth-order valence-corrected chi connectivity index (χ4v) is 1.89. The van der Waals surface area contributed by atoms with Gasteiger partial charge in [-0.25, -0.2) is 4.98 Å². The van der Waals surface area contributed by atoms with E-state index in [-0.39, 0.29) is 17.2 Å². The quantitative estimate of drug-likeness (QED) is 0.582. The van der Waals surface area contributed by atoms with Crippen LogP contribution in [-0.4, -0.2) is 26.3 Å². The van der Waals surface area contributed by atoms with Crippen LogP contribution in [0.3, 0.4) is 0 Å². The van der Waals surface area contributed by atoms with Gasteiger partial charge in [-0.3, -0.25) is 9.59 Å². The molecule has 0 saturated carbocycles. The van der Waals surface area contributed by atoms with Gasteiger partial charge in [0.2, 0.25) is 0 Å². The molecule has 6 heteroatoms. The molecule has 0 spiro atoms. The number of H-pyrrole nitrogens is 1. The van der Waals surface area contributed by atoms with Crippen molar-refractivity contribution >= 4 is 17.7 Å². The third kappa shape index (κ3) is 4.64. The summed E-state index contributed by atoms with van der Waals surface area (Å²) in [5.74, 6) is -0.808. The molecule has 15 heavy (non-hydrogen) atoms. The van der Waals surface area contributed by atoms with Crippen LogP contribution >= 0.6 is 11.8 Å². The summed E-state index contributed by atoms with van der Waals surface area (Å²) in [5, 5.41) is 9.14. The summed E-state index contributed by atoms with van der Waals surface area (Å²) >= 11 is 1.37. The summed E-state index contributed by atoms with van der Waals surface area (Å²) in [7, 11) is 0. The van der Waals surface area contributed by atoms with E-state index in [0.29, 0.717) is 11.6 Å². The molecule has 0 fully saturated rings. The molecule has 0 radical (unpaired) electrons. The maximum absolute atomic E-state index is 10.9. The molecule has 5 nitrogen and oxygen atoms in total. The lowest BCUT2D eigenvalue weighted by Crippen LogP contribution is -2.08. The van der Waals surface area contributed by atoms with Gasteiger partial charge < -0.3 is 10.1 Å². The lowest BCUT2D eigenvalue weighted by Gasteiger charge is -2.07. The second-order valence-electron chi connectivity index (χ2n) is 3.10. The maximum Gasteiger partial charge on any atom is 0.303 e. The van der Waals surface area contributed by atoms with Gasteiger partial charge in [0.25, 0.3) is 5.56 Å². The number of aliphatic carboxylic acids is 1. The SMILES string of the molecule is CC(CCC(=O)O)Sc1nccc(=O)[nH]1. The predicted octanol–water partition coefficient (Wildman–Crippen LogP) is 1.12. The fourth-order valence-electron chi connectivity index (χ4n) is 0.988. The standard InChI is InChI=1S/C9H12N2O3S/c1-6(2-3-8(13)14)15-9-10-5-4-7(12)11-9/h4-6H,2-3H2,1H3,(H,13,14)(H,10,11,12). The highest BCUT2D eigenvalue weighted by Gasteiger charge is 2.08. The van der Waals surface area contributed by atoms with Gasteiger partial charge in [0.15, 0.2) is 5.16 Å². The van der Waals surface area contributed by atoms with Gasteiger partial charge in [-0.1, -0.05) is 18.7 Å². The van der Waals surface area contributed by atoms with E-state index >= 15 is 0 Å². The number of thioether (sulfide) groups is 1. The van der Waals surface area contributed by atoms with Crippen molar-refractivity contribution in [3.8, 4) is 0 Å².